The Morgan fingerprint density at radius 3 is 2.35 bits per heavy atom. The second-order valence-electron chi connectivity index (χ2n) is 9.88. The topological polar surface area (TPSA) is 63.3 Å². The monoisotopic (exact) mass is 671 g/mol. The largest absolute Gasteiger partial charge is 0.512 e. The Balaban J connectivity index is 0.000000422. The van der Waals surface area contributed by atoms with E-state index in [1.807, 2.05) is 12.1 Å². The molecule has 0 unspecified atom stereocenters. The molecule has 0 atom stereocenters. The van der Waals surface area contributed by atoms with Crippen LogP contribution in [0.3, 0.4) is 0 Å². The van der Waals surface area contributed by atoms with Crippen molar-refractivity contribution in [1.82, 2.24) is 4.98 Å². The van der Waals surface area contributed by atoms with Gasteiger partial charge in [0.25, 0.3) is 0 Å². The number of furan rings is 1. The zero-order valence-corrected chi connectivity index (χ0v) is 24.5. The number of aryl methyl sites for hydroxylation is 2. The minimum atomic E-state index is -0.125. The zero-order valence-electron chi connectivity index (χ0n) is 22.1. The van der Waals surface area contributed by atoms with E-state index in [-0.39, 0.29) is 31.6 Å². The van der Waals surface area contributed by atoms with Crippen LogP contribution in [0.5, 0.6) is 0 Å². The van der Waals surface area contributed by atoms with Crippen LogP contribution in [0.15, 0.2) is 70.8 Å². The van der Waals surface area contributed by atoms with Gasteiger partial charge in [-0.3, -0.25) is 9.78 Å². The first kappa shape index (κ1) is 28.3. The van der Waals surface area contributed by atoms with Crippen LogP contribution in [0.4, 0.5) is 0 Å². The number of rotatable bonds is 4. The first-order chi connectivity index (χ1) is 17.1. The summed E-state index contributed by atoms with van der Waals surface area (Å²) in [6, 6.07) is 22.6. The van der Waals surface area contributed by atoms with Gasteiger partial charge in [-0.1, -0.05) is 52.0 Å². The van der Waals surface area contributed by atoms with E-state index < -0.39 is 0 Å². The Morgan fingerprint density at radius 2 is 1.73 bits per heavy atom. The molecular formula is C32H32IrNO3-. The van der Waals surface area contributed by atoms with Gasteiger partial charge in [-0.25, -0.2) is 0 Å². The van der Waals surface area contributed by atoms with Crippen molar-refractivity contribution in [2.24, 2.45) is 5.92 Å². The molecule has 0 saturated heterocycles. The number of aromatic nitrogens is 1. The number of hydrogen-bond donors (Lipinski definition) is 1. The summed E-state index contributed by atoms with van der Waals surface area (Å²) in [5.41, 5.74) is 8.54. The first-order valence-corrected chi connectivity index (χ1v) is 12.2. The molecular weight excluding hydrogens is 639 g/mol. The van der Waals surface area contributed by atoms with Crippen molar-refractivity contribution in [2.75, 3.05) is 0 Å². The van der Waals surface area contributed by atoms with Crippen molar-refractivity contribution in [2.45, 2.75) is 48.0 Å². The number of carbonyl (C=O) groups is 1. The Hall–Kier alpha value is -3.27. The van der Waals surface area contributed by atoms with Crippen LogP contribution >= 0.6 is 0 Å². The maximum absolute atomic E-state index is 10.0. The number of aliphatic hydroxyl groups is 1. The van der Waals surface area contributed by atoms with Crippen molar-refractivity contribution < 1.29 is 34.4 Å². The third kappa shape index (κ3) is 6.74. The number of hydrogen-bond acceptors (Lipinski definition) is 4. The summed E-state index contributed by atoms with van der Waals surface area (Å²) in [6.07, 6.45) is 2.18. The molecule has 3 aromatic carbocycles. The van der Waals surface area contributed by atoms with E-state index in [2.05, 4.69) is 76.2 Å². The van der Waals surface area contributed by atoms with Crippen molar-refractivity contribution in [1.29, 1.82) is 0 Å². The van der Waals surface area contributed by atoms with E-state index in [1.165, 1.54) is 36.4 Å². The van der Waals surface area contributed by atoms with E-state index in [0.29, 0.717) is 5.92 Å². The van der Waals surface area contributed by atoms with Crippen molar-refractivity contribution in [3.05, 3.63) is 89.2 Å². The number of aliphatic hydroxyl groups excluding tert-OH is 1. The predicted molar refractivity (Wildman–Crippen MR) is 148 cm³/mol. The van der Waals surface area contributed by atoms with Gasteiger partial charge >= 0.3 is 0 Å². The van der Waals surface area contributed by atoms with Crippen molar-refractivity contribution >= 4 is 38.6 Å². The molecule has 1 radical (unpaired) electrons. The minimum absolute atomic E-state index is 0. The van der Waals surface area contributed by atoms with Crippen LogP contribution in [-0.4, -0.2) is 15.9 Å². The SMILES string of the molecule is CC(=O)/C=C(/C)O.Cc1[c-]c(-c2cc(CC(C)C)c3cc4c(cc3n2)oc2ccccc24)cc(C)c1.[Ir]. The van der Waals surface area contributed by atoms with Gasteiger partial charge in [0.05, 0.1) is 11.3 Å². The van der Waals surface area contributed by atoms with Gasteiger partial charge in [-0.15, -0.1) is 34.9 Å². The summed E-state index contributed by atoms with van der Waals surface area (Å²) >= 11 is 0. The van der Waals surface area contributed by atoms with Crippen LogP contribution < -0.4 is 0 Å². The van der Waals surface area contributed by atoms with Crippen LogP contribution in [-0.2, 0) is 31.3 Å². The molecule has 0 fully saturated rings. The number of pyridine rings is 1. The van der Waals surface area contributed by atoms with Crippen LogP contribution in [0, 0.1) is 25.8 Å². The van der Waals surface area contributed by atoms with E-state index in [1.54, 1.807) is 0 Å². The van der Waals surface area contributed by atoms with Crippen molar-refractivity contribution in [3.8, 4) is 11.3 Å². The summed E-state index contributed by atoms with van der Waals surface area (Å²) in [5.74, 6) is 0.501. The number of ketones is 1. The minimum Gasteiger partial charge on any atom is -0.512 e. The molecule has 1 N–H and O–H groups in total. The predicted octanol–water partition coefficient (Wildman–Crippen LogP) is 8.45. The van der Waals surface area contributed by atoms with Gasteiger partial charge in [-0.05, 0) is 49.6 Å². The van der Waals surface area contributed by atoms with Crippen molar-refractivity contribution in [3.63, 3.8) is 0 Å². The number of benzene rings is 3. The Kier molecular flexibility index (Phi) is 9.07. The molecule has 2 aromatic heterocycles. The normalized spacial score (nSPS) is 11.5. The molecule has 5 heteroatoms. The Bertz CT molecular complexity index is 1590. The fourth-order valence-corrected chi connectivity index (χ4v) is 4.59. The van der Waals surface area contributed by atoms with Gasteiger partial charge in [0, 0.05) is 48.4 Å². The third-order valence-corrected chi connectivity index (χ3v) is 5.86. The van der Waals surface area contributed by atoms with Gasteiger partial charge in [-0.2, -0.15) is 0 Å². The molecule has 0 spiro atoms. The van der Waals surface area contributed by atoms with Crippen LogP contribution in [0.1, 0.15) is 44.4 Å². The Morgan fingerprint density at radius 1 is 1.00 bits per heavy atom. The van der Waals surface area contributed by atoms with E-state index >= 15 is 0 Å². The average molecular weight is 671 g/mol. The standard InChI is InChI=1S/C27H24NO.C5H8O2.Ir/c1-16(2)9-19-13-24(20-11-17(3)10-18(4)12-20)28-25-15-27-23(14-22(19)25)21-7-5-6-8-26(21)29-27;1-4(6)3-5(2)7;/h5-8,10-11,13-16H,9H2,1-4H3;3,6H,1-2H3;/q-1;;/b;4-3-;. The quantitative estimate of drug-likeness (QED) is 0.118. The molecule has 2 heterocycles. The Labute approximate surface area is 231 Å². The second kappa shape index (κ2) is 11.9. The molecule has 0 aliphatic carbocycles. The summed E-state index contributed by atoms with van der Waals surface area (Å²) in [6.45, 7) is 11.6. The first-order valence-electron chi connectivity index (χ1n) is 12.2. The number of allylic oxidation sites excluding steroid dienone is 2. The fraction of sp³-hybridized carbons (Fsp3) is 0.250. The molecule has 0 amide bonds. The molecule has 4 nitrogen and oxygen atoms in total. The van der Waals surface area contributed by atoms with Crippen LogP contribution in [0.25, 0.3) is 44.1 Å². The number of para-hydroxylation sites is 1. The number of fused-ring (bicyclic) bond motifs is 4. The van der Waals surface area contributed by atoms with Gasteiger partial charge in [0.15, 0.2) is 5.78 Å². The van der Waals surface area contributed by atoms with E-state index in [0.717, 1.165) is 50.7 Å². The summed E-state index contributed by atoms with van der Waals surface area (Å²) in [5, 5.41) is 11.9. The molecule has 5 aromatic rings. The molecule has 37 heavy (non-hydrogen) atoms. The molecule has 0 aliphatic heterocycles. The molecule has 0 saturated carbocycles. The smallest absolute Gasteiger partial charge is 0.155 e. The zero-order chi connectivity index (χ0) is 26.0. The molecule has 0 bridgehead atoms. The molecule has 0 aliphatic rings. The summed E-state index contributed by atoms with van der Waals surface area (Å²) < 4.78 is 6.12. The van der Waals surface area contributed by atoms with Gasteiger partial charge < -0.3 is 9.52 Å². The van der Waals surface area contributed by atoms with E-state index in [9.17, 15) is 4.79 Å². The average Bonchev–Trinajstić information content (AvgIpc) is 3.13. The van der Waals surface area contributed by atoms with Gasteiger partial charge in [0.1, 0.15) is 11.2 Å². The number of nitrogens with zero attached hydrogens (tertiary/aromatic N) is 1. The number of carbonyl (C=O) groups excluding carboxylic acids is 1. The summed E-state index contributed by atoms with van der Waals surface area (Å²) in [7, 11) is 0. The second-order valence-corrected chi connectivity index (χ2v) is 9.88. The third-order valence-electron chi connectivity index (χ3n) is 5.86. The maximum Gasteiger partial charge on any atom is 0.155 e. The fourth-order valence-electron chi connectivity index (χ4n) is 4.59. The molecule has 5 rings (SSSR count). The molecule has 193 valence electrons. The van der Waals surface area contributed by atoms with Crippen LogP contribution in [0.2, 0.25) is 0 Å². The van der Waals surface area contributed by atoms with E-state index in [4.69, 9.17) is 14.5 Å². The maximum atomic E-state index is 10.0. The van der Waals surface area contributed by atoms with Gasteiger partial charge in [0.2, 0.25) is 0 Å². The summed E-state index contributed by atoms with van der Waals surface area (Å²) in [4.78, 5) is 15.0.